The Kier molecular flexibility index (Phi) is 4.55. The van der Waals surface area contributed by atoms with E-state index in [0.29, 0.717) is 13.1 Å². The van der Waals surface area contributed by atoms with Crippen molar-refractivity contribution in [3.63, 3.8) is 0 Å². The highest BCUT2D eigenvalue weighted by molar-refractivity contribution is 5.74. The SMILES string of the molecule is CCc1nncn1CCNC(=O)N[C@@H]1CCc2ccc(F)cc21. The van der Waals surface area contributed by atoms with E-state index < -0.39 is 0 Å². The van der Waals surface area contributed by atoms with Crippen LogP contribution in [0.2, 0.25) is 0 Å². The maximum Gasteiger partial charge on any atom is 0.315 e. The van der Waals surface area contributed by atoms with Crippen molar-refractivity contribution >= 4 is 6.03 Å². The van der Waals surface area contributed by atoms with Crippen molar-refractivity contribution in [2.45, 2.75) is 38.8 Å². The van der Waals surface area contributed by atoms with Crippen molar-refractivity contribution in [3.05, 3.63) is 47.3 Å². The number of carbonyl (C=O) groups is 1. The molecule has 6 nitrogen and oxygen atoms in total. The number of halogens is 1. The van der Waals surface area contributed by atoms with Crippen LogP contribution in [0, 0.1) is 5.82 Å². The monoisotopic (exact) mass is 317 g/mol. The van der Waals surface area contributed by atoms with E-state index >= 15 is 0 Å². The van der Waals surface area contributed by atoms with E-state index in [1.165, 1.54) is 12.1 Å². The number of benzene rings is 1. The van der Waals surface area contributed by atoms with E-state index in [0.717, 1.165) is 36.2 Å². The van der Waals surface area contributed by atoms with Crippen LogP contribution in [0.3, 0.4) is 0 Å². The van der Waals surface area contributed by atoms with E-state index in [1.807, 2.05) is 11.5 Å². The Hall–Kier alpha value is -2.44. The quantitative estimate of drug-likeness (QED) is 0.885. The van der Waals surface area contributed by atoms with Gasteiger partial charge >= 0.3 is 6.03 Å². The van der Waals surface area contributed by atoms with Crippen LogP contribution in [-0.4, -0.2) is 27.3 Å². The summed E-state index contributed by atoms with van der Waals surface area (Å²) in [4.78, 5) is 12.0. The molecule has 2 aromatic rings. The van der Waals surface area contributed by atoms with Gasteiger partial charge in [-0.1, -0.05) is 13.0 Å². The van der Waals surface area contributed by atoms with Crippen molar-refractivity contribution in [1.82, 2.24) is 25.4 Å². The van der Waals surface area contributed by atoms with Crippen LogP contribution in [0.5, 0.6) is 0 Å². The van der Waals surface area contributed by atoms with Gasteiger partial charge in [0, 0.05) is 19.5 Å². The van der Waals surface area contributed by atoms with E-state index in [-0.39, 0.29) is 17.9 Å². The normalized spacial score (nSPS) is 16.2. The molecule has 2 N–H and O–H groups in total. The fourth-order valence-electron chi connectivity index (χ4n) is 2.96. The second kappa shape index (κ2) is 6.76. The minimum Gasteiger partial charge on any atom is -0.336 e. The van der Waals surface area contributed by atoms with Crippen molar-refractivity contribution in [1.29, 1.82) is 0 Å². The first-order valence-corrected chi connectivity index (χ1v) is 7.86. The van der Waals surface area contributed by atoms with Gasteiger partial charge in [-0.15, -0.1) is 10.2 Å². The van der Waals surface area contributed by atoms with Crippen molar-refractivity contribution < 1.29 is 9.18 Å². The Morgan fingerprint density at radius 2 is 2.35 bits per heavy atom. The first-order valence-electron chi connectivity index (χ1n) is 7.86. The zero-order chi connectivity index (χ0) is 16.2. The molecule has 1 aliphatic carbocycles. The molecule has 0 fully saturated rings. The van der Waals surface area contributed by atoms with E-state index in [2.05, 4.69) is 20.8 Å². The molecule has 0 aliphatic heterocycles. The summed E-state index contributed by atoms with van der Waals surface area (Å²) < 4.78 is 15.3. The number of hydrogen-bond acceptors (Lipinski definition) is 3. The summed E-state index contributed by atoms with van der Waals surface area (Å²) in [6.45, 7) is 3.12. The third kappa shape index (κ3) is 3.49. The van der Waals surface area contributed by atoms with Gasteiger partial charge in [0.2, 0.25) is 0 Å². The van der Waals surface area contributed by atoms with Crippen LogP contribution in [0.4, 0.5) is 9.18 Å². The number of urea groups is 1. The van der Waals surface area contributed by atoms with Gasteiger partial charge in [0.15, 0.2) is 0 Å². The molecule has 1 heterocycles. The van der Waals surface area contributed by atoms with E-state index in [1.54, 1.807) is 12.4 Å². The molecule has 1 aliphatic rings. The minimum atomic E-state index is -0.266. The molecule has 7 heteroatoms. The number of rotatable bonds is 5. The highest BCUT2D eigenvalue weighted by Gasteiger charge is 2.24. The largest absolute Gasteiger partial charge is 0.336 e. The summed E-state index contributed by atoms with van der Waals surface area (Å²) in [7, 11) is 0. The van der Waals surface area contributed by atoms with Crippen LogP contribution in [0.15, 0.2) is 24.5 Å². The van der Waals surface area contributed by atoms with Crippen LogP contribution < -0.4 is 10.6 Å². The lowest BCUT2D eigenvalue weighted by molar-refractivity contribution is 0.236. The number of hydrogen-bond donors (Lipinski definition) is 2. The summed E-state index contributed by atoms with van der Waals surface area (Å²) >= 11 is 0. The second-order valence-electron chi connectivity index (χ2n) is 5.63. The zero-order valence-corrected chi connectivity index (χ0v) is 13.1. The second-order valence-corrected chi connectivity index (χ2v) is 5.63. The summed E-state index contributed by atoms with van der Waals surface area (Å²) in [5.41, 5.74) is 1.99. The van der Waals surface area contributed by atoms with Crippen LogP contribution in [-0.2, 0) is 19.4 Å². The van der Waals surface area contributed by atoms with Gasteiger partial charge < -0.3 is 15.2 Å². The summed E-state index contributed by atoms with van der Waals surface area (Å²) in [5, 5.41) is 13.6. The van der Waals surface area contributed by atoms with E-state index in [9.17, 15) is 9.18 Å². The molecule has 0 bridgehead atoms. The van der Waals surface area contributed by atoms with Gasteiger partial charge in [-0.3, -0.25) is 0 Å². The Morgan fingerprint density at radius 1 is 1.48 bits per heavy atom. The molecular weight excluding hydrogens is 297 g/mol. The Morgan fingerprint density at radius 3 is 3.17 bits per heavy atom. The van der Waals surface area contributed by atoms with Gasteiger partial charge in [-0.2, -0.15) is 0 Å². The molecule has 2 amide bonds. The topological polar surface area (TPSA) is 71.8 Å². The number of aromatic nitrogens is 3. The molecule has 1 aromatic carbocycles. The first kappa shape index (κ1) is 15.5. The Labute approximate surface area is 134 Å². The lowest BCUT2D eigenvalue weighted by Crippen LogP contribution is -2.38. The average Bonchev–Trinajstić information content (AvgIpc) is 3.14. The number of fused-ring (bicyclic) bond motifs is 1. The highest BCUT2D eigenvalue weighted by atomic mass is 19.1. The standard InChI is InChI=1S/C16H20FN5O/c1-2-15-21-19-10-22(15)8-7-18-16(23)20-14-6-4-11-3-5-12(17)9-13(11)14/h3,5,9-10,14H,2,4,6-8H2,1H3,(H2,18,20,23)/t14-/m1/s1. The fourth-order valence-corrected chi connectivity index (χ4v) is 2.96. The van der Waals surface area contributed by atoms with Gasteiger partial charge in [-0.05, 0) is 36.1 Å². The number of carbonyl (C=O) groups excluding carboxylic acids is 1. The van der Waals surface area contributed by atoms with Gasteiger partial charge in [-0.25, -0.2) is 9.18 Å². The number of nitrogens with zero attached hydrogens (tertiary/aromatic N) is 3. The van der Waals surface area contributed by atoms with Gasteiger partial charge in [0.1, 0.15) is 18.0 Å². The lowest BCUT2D eigenvalue weighted by Gasteiger charge is -2.15. The number of nitrogens with one attached hydrogen (secondary N) is 2. The molecule has 0 unspecified atom stereocenters. The molecule has 0 radical (unpaired) electrons. The molecule has 0 spiro atoms. The third-order valence-electron chi connectivity index (χ3n) is 4.14. The molecule has 0 saturated carbocycles. The summed E-state index contributed by atoms with van der Waals surface area (Å²) in [5.74, 6) is 0.630. The average molecular weight is 317 g/mol. The zero-order valence-electron chi connectivity index (χ0n) is 13.1. The van der Waals surface area contributed by atoms with Crippen molar-refractivity contribution in [2.24, 2.45) is 0 Å². The van der Waals surface area contributed by atoms with Crippen molar-refractivity contribution in [3.8, 4) is 0 Å². The molecule has 3 rings (SSSR count). The molecule has 23 heavy (non-hydrogen) atoms. The Bertz CT molecular complexity index is 700. The van der Waals surface area contributed by atoms with E-state index in [4.69, 9.17) is 0 Å². The summed E-state index contributed by atoms with van der Waals surface area (Å²) in [6, 6.07) is 4.41. The Balaban J connectivity index is 1.50. The molecule has 0 saturated heterocycles. The molecule has 1 aromatic heterocycles. The van der Waals surface area contributed by atoms with Crippen LogP contribution >= 0.6 is 0 Å². The maximum absolute atomic E-state index is 13.4. The number of amides is 2. The minimum absolute atomic E-state index is 0.123. The van der Waals surface area contributed by atoms with Crippen LogP contribution in [0.1, 0.15) is 36.3 Å². The predicted octanol–water partition coefficient (Wildman–Crippen LogP) is 1.97. The highest BCUT2D eigenvalue weighted by Crippen LogP contribution is 2.31. The predicted molar refractivity (Wildman–Crippen MR) is 83.4 cm³/mol. The number of aryl methyl sites for hydroxylation is 2. The molecular formula is C16H20FN5O. The maximum atomic E-state index is 13.4. The van der Waals surface area contributed by atoms with Gasteiger partial charge in [0.25, 0.3) is 0 Å². The van der Waals surface area contributed by atoms with Gasteiger partial charge in [0.05, 0.1) is 6.04 Å². The smallest absolute Gasteiger partial charge is 0.315 e. The third-order valence-corrected chi connectivity index (χ3v) is 4.14. The summed E-state index contributed by atoms with van der Waals surface area (Å²) in [6.07, 6.45) is 4.13. The molecule has 122 valence electrons. The molecule has 1 atom stereocenters. The first-order chi connectivity index (χ1) is 11.2. The van der Waals surface area contributed by atoms with Crippen molar-refractivity contribution in [2.75, 3.05) is 6.54 Å². The fraction of sp³-hybridized carbons (Fsp3) is 0.438. The van der Waals surface area contributed by atoms with Crippen LogP contribution in [0.25, 0.3) is 0 Å². The lowest BCUT2D eigenvalue weighted by atomic mass is 10.1.